The third-order valence-corrected chi connectivity index (χ3v) is 8.48. The van der Waals surface area contributed by atoms with Crippen molar-refractivity contribution < 1.29 is 78.4 Å². The molecule has 22 heteroatoms. The molecule has 0 saturated carbocycles. The molecule has 0 saturated heterocycles. The standard InChI is InChI=1S/C15H25F9N2O8S3/c1-26(2,9-5-11-36(30,31)32)8-3-6-25(7-4-10-35(27,28)29)37(33,34)15(23,24)13(18,19)12(16,17)14(20,21)22/h3-11H2,1-2H3,(H-,27,28,29,30,31,32)/p+1. The minimum absolute atomic E-state index is 0.0126. The Morgan fingerprint density at radius 3 is 1.43 bits per heavy atom. The van der Waals surface area contributed by atoms with Crippen LogP contribution in [0.25, 0.3) is 0 Å². The van der Waals surface area contributed by atoms with Crippen molar-refractivity contribution in [3.05, 3.63) is 0 Å². The summed E-state index contributed by atoms with van der Waals surface area (Å²) in [6, 6.07) is 0. The topological polar surface area (TPSA) is 146 Å². The van der Waals surface area contributed by atoms with Gasteiger partial charge in [-0.05, 0) is 6.42 Å². The second-order valence-corrected chi connectivity index (χ2v) is 13.7. The minimum atomic E-state index is -7.48. The molecular formula is C15H26F9N2O8S3+. The van der Waals surface area contributed by atoms with Crippen LogP contribution in [0.3, 0.4) is 0 Å². The summed E-state index contributed by atoms with van der Waals surface area (Å²) in [5.41, 5.74) is 0. The molecule has 0 aromatic rings. The average molecular weight is 630 g/mol. The molecule has 2 N–H and O–H groups in total. The zero-order valence-corrected chi connectivity index (χ0v) is 21.7. The van der Waals surface area contributed by atoms with Crippen LogP contribution in [-0.2, 0) is 30.3 Å². The fourth-order valence-electron chi connectivity index (χ4n) is 2.92. The first-order valence-corrected chi connectivity index (χ1v) is 14.6. The van der Waals surface area contributed by atoms with E-state index in [0.29, 0.717) is 0 Å². The number of hydrogen-bond donors (Lipinski definition) is 2. The predicted molar refractivity (Wildman–Crippen MR) is 110 cm³/mol. The lowest BCUT2D eigenvalue weighted by molar-refractivity contribution is -0.890. The normalized spacial score (nSPS) is 15.4. The lowest BCUT2D eigenvalue weighted by Gasteiger charge is -2.36. The molecule has 0 atom stereocenters. The maximum Gasteiger partial charge on any atom is 0.460 e. The number of rotatable bonds is 16. The molecule has 0 heterocycles. The van der Waals surface area contributed by atoms with Gasteiger partial charge in [0.2, 0.25) is 0 Å². The Kier molecular flexibility index (Phi) is 11.4. The first-order valence-electron chi connectivity index (χ1n) is 9.94. The van der Waals surface area contributed by atoms with Gasteiger partial charge in [0.15, 0.2) is 0 Å². The largest absolute Gasteiger partial charge is 0.460 e. The van der Waals surface area contributed by atoms with E-state index in [1.165, 1.54) is 14.1 Å². The first-order chi connectivity index (χ1) is 16.0. The summed E-state index contributed by atoms with van der Waals surface area (Å²) < 4.78 is 204. The van der Waals surface area contributed by atoms with Crippen LogP contribution in [0.4, 0.5) is 39.5 Å². The van der Waals surface area contributed by atoms with Gasteiger partial charge in [-0.3, -0.25) is 9.11 Å². The molecule has 0 aliphatic heterocycles. The smallest absolute Gasteiger partial charge is 0.328 e. The summed E-state index contributed by atoms with van der Waals surface area (Å²) in [5.74, 6) is -16.9. The van der Waals surface area contributed by atoms with Crippen LogP contribution in [0.1, 0.15) is 19.3 Å². The molecule has 0 radical (unpaired) electrons. The highest BCUT2D eigenvalue weighted by atomic mass is 32.2. The molecule has 10 nitrogen and oxygen atoms in total. The maximum absolute atomic E-state index is 14.2. The van der Waals surface area contributed by atoms with Crippen molar-refractivity contribution in [1.29, 1.82) is 0 Å². The maximum atomic E-state index is 14.2. The highest BCUT2D eigenvalue weighted by molar-refractivity contribution is 7.90. The predicted octanol–water partition coefficient (Wildman–Crippen LogP) is 2.07. The van der Waals surface area contributed by atoms with E-state index in [1.807, 2.05) is 0 Å². The monoisotopic (exact) mass is 629 g/mol. The third-order valence-electron chi connectivity index (χ3n) is 4.93. The molecule has 0 spiro atoms. The highest BCUT2D eigenvalue weighted by Crippen LogP contribution is 2.55. The number of nitrogens with zero attached hydrogens (tertiary/aromatic N) is 2. The summed E-state index contributed by atoms with van der Waals surface area (Å²) in [6.07, 6.45) is -8.96. The van der Waals surface area contributed by atoms with E-state index in [-0.39, 0.29) is 24.0 Å². The van der Waals surface area contributed by atoms with Gasteiger partial charge in [0.05, 0.1) is 38.7 Å². The number of sulfonamides is 1. The van der Waals surface area contributed by atoms with Crippen molar-refractivity contribution in [2.24, 2.45) is 0 Å². The summed E-state index contributed by atoms with van der Waals surface area (Å²) in [7, 11) is -13.4. The Morgan fingerprint density at radius 2 is 1.03 bits per heavy atom. The van der Waals surface area contributed by atoms with E-state index in [0.717, 1.165) is 0 Å². The summed E-state index contributed by atoms with van der Waals surface area (Å²) in [5, 5.41) is -7.02. The van der Waals surface area contributed by atoms with Crippen LogP contribution in [0, 0.1) is 0 Å². The van der Waals surface area contributed by atoms with Gasteiger partial charge in [0, 0.05) is 25.9 Å². The van der Waals surface area contributed by atoms with E-state index < -0.39 is 95.3 Å². The van der Waals surface area contributed by atoms with Crippen molar-refractivity contribution in [2.75, 3.05) is 51.8 Å². The summed E-state index contributed by atoms with van der Waals surface area (Å²) in [6.45, 7) is -2.80. The number of halogens is 9. The van der Waals surface area contributed by atoms with E-state index in [9.17, 15) is 64.8 Å². The van der Waals surface area contributed by atoms with Gasteiger partial charge < -0.3 is 4.48 Å². The Bertz CT molecular complexity index is 1090. The molecule has 224 valence electrons. The van der Waals surface area contributed by atoms with E-state index in [4.69, 9.17) is 9.11 Å². The van der Waals surface area contributed by atoms with Crippen molar-refractivity contribution in [3.63, 3.8) is 0 Å². The van der Waals surface area contributed by atoms with Crippen molar-refractivity contribution in [1.82, 2.24) is 4.31 Å². The van der Waals surface area contributed by atoms with Gasteiger partial charge in [-0.2, -0.15) is 60.7 Å². The number of quaternary nitrogens is 1. The van der Waals surface area contributed by atoms with Gasteiger partial charge in [0.25, 0.3) is 30.3 Å². The third kappa shape index (κ3) is 9.64. The van der Waals surface area contributed by atoms with Gasteiger partial charge in [-0.15, -0.1) is 0 Å². The summed E-state index contributed by atoms with van der Waals surface area (Å²) >= 11 is 0. The van der Waals surface area contributed by atoms with Gasteiger partial charge in [-0.25, -0.2) is 8.42 Å². The van der Waals surface area contributed by atoms with Crippen molar-refractivity contribution >= 4 is 30.3 Å². The van der Waals surface area contributed by atoms with Crippen molar-refractivity contribution in [3.8, 4) is 0 Å². The van der Waals surface area contributed by atoms with Gasteiger partial charge in [0.1, 0.15) is 0 Å². The molecule has 0 rings (SSSR count). The van der Waals surface area contributed by atoms with Gasteiger partial charge in [-0.1, -0.05) is 0 Å². The number of hydrogen-bond acceptors (Lipinski definition) is 6. The Hall–Kier alpha value is -0.940. The fourth-order valence-corrected chi connectivity index (χ4v) is 5.43. The molecular weight excluding hydrogens is 603 g/mol. The van der Waals surface area contributed by atoms with Crippen LogP contribution in [-0.4, -0.2) is 118 Å². The van der Waals surface area contributed by atoms with Crippen LogP contribution >= 0.6 is 0 Å². The highest BCUT2D eigenvalue weighted by Gasteiger charge is 2.85. The Balaban J connectivity index is 5.99. The molecule has 37 heavy (non-hydrogen) atoms. The summed E-state index contributed by atoms with van der Waals surface area (Å²) in [4.78, 5) is 0. The molecule has 0 aromatic heterocycles. The zero-order valence-electron chi connectivity index (χ0n) is 19.2. The second-order valence-electron chi connectivity index (χ2n) is 8.58. The average Bonchev–Trinajstić information content (AvgIpc) is 2.63. The number of alkyl halides is 9. The Labute approximate surface area is 207 Å². The van der Waals surface area contributed by atoms with Crippen LogP contribution in [0.2, 0.25) is 0 Å². The molecule has 0 bridgehead atoms. The molecule has 0 aromatic carbocycles. The quantitative estimate of drug-likeness (QED) is 0.150. The second kappa shape index (κ2) is 11.7. The van der Waals surface area contributed by atoms with Gasteiger partial charge >= 0.3 is 23.3 Å². The van der Waals surface area contributed by atoms with E-state index in [2.05, 4.69) is 0 Å². The molecule has 0 aliphatic carbocycles. The SMILES string of the molecule is C[N+](C)(CCCN(CCCS(=O)(=O)O)S(=O)(=O)C(F)(F)C(F)(F)C(F)(F)C(F)(F)F)CCCS(=O)(=O)O. The van der Waals surface area contributed by atoms with Crippen LogP contribution < -0.4 is 0 Å². The molecule has 0 aliphatic rings. The lowest BCUT2D eigenvalue weighted by Crippen LogP contribution is -2.65. The van der Waals surface area contributed by atoms with Crippen LogP contribution in [0.15, 0.2) is 0 Å². The zero-order chi connectivity index (χ0) is 29.9. The van der Waals surface area contributed by atoms with E-state index >= 15 is 0 Å². The lowest BCUT2D eigenvalue weighted by atomic mass is 10.1. The molecule has 0 unspecified atom stereocenters. The van der Waals surface area contributed by atoms with Crippen LogP contribution in [0.5, 0.6) is 0 Å². The molecule has 0 fully saturated rings. The Morgan fingerprint density at radius 1 is 0.649 bits per heavy atom. The van der Waals surface area contributed by atoms with E-state index in [1.54, 1.807) is 0 Å². The minimum Gasteiger partial charge on any atom is -0.328 e. The first kappa shape index (κ1) is 36.1. The fraction of sp³-hybridized carbons (Fsp3) is 1.00. The molecule has 0 amide bonds. The van der Waals surface area contributed by atoms with Crippen molar-refractivity contribution in [2.45, 2.75) is 42.5 Å².